The first-order valence-electron chi connectivity index (χ1n) is 8.70. The Morgan fingerprint density at radius 1 is 1.05 bits per heavy atom. The molecule has 2 atom stereocenters. The predicted octanol–water partition coefficient (Wildman–Crippen LogP) is 3.81. The minimum absolute atomic E-state index is 0.378. The van der Waals surface area contributed by atoms with Crippen LogP contribution in [-0.2, 0) is 0 Å². The van der Waals surface area contributed by atoms with Crippen molar-refractivity contribution in [3.8, 4) is 0 Å². The van der Waals surface area contributed by atoms with E-state index in [9.17, 15) is 0 Å². The average molecular weight is 266 g/mol. The van der Waals surface area contributed by atoms with Gasteiger partial charge in [0.25, 0.3) is 0 Å². The van der Waals surface area contributed by atoms with E-state index in [1.807, 2.05) is 0 Å². The first kappa shape index (κ1) is 15.3. The van der Waals surface area contributed by atoms with Gasteiger partial charge in [-0.25, -0.2) is 0 Å². The third-order valence-electron chi connectivity index (χ3n) is 5.77. The van der Waals surface area contributed by atoms with E-state index in [2.05, 4.69) is 31.0 Å². The molecule has 2 unspecified atom stereocenters. The summed E-state index contributed by atoms with van der Waals surface area (Å²) < 4.78 is 0. The van der Waals surface area contributed by atoms with Crippen molar-refractivity contribution < 1.29 is 0 Å². The van der Waals surface area contributed by atoms with Crippen molar-refractivity contribution in [2.24, 2.45) is 5.92 Å². The van der Waals surface area contributed by atoms with Crippen molar-refractivity contribution in [3.63, 3.8) is 0 Å². The van der Waals surface area contributed by atoms with Crippen molar-refractivity contribution in [1.82, 2.24) is 10.2 Å². The molecule has 1 aliphatic carbocycles. The first-order chi connectivity index (χ1) is 9.21. The Labute approximate surface area is 120 Å². The third kappa shape index (κ3) is 3.72. The molecular formula is C17H34N2. The lowest BCUT2D eigenvalue weighted by molar-refractivity contribution is 0.108. The SMILES string of the molecule is CCC1(CC)CN(C2CCCCCC2C)CCCN1. The molecule has 2 heteroatoms. The summed E-state index contributed by atoms with van der Waals surface area (Å²) in [7, 11) is 0. The summed E-state index contributed by atoms with van der Waals surface area (Å²) in [5, 5.41) is 3.85. The first-order valence-corrected chi connectivity index (χ1v) is 8.70. The molecule has 1 saturated heterocycles. The molecule has 19 heavy (non-hydrogen) atoms. The van der Waals surface area contributed by atoms with Crippen LogP contribution in [0.2, 0.25) is 0 Å². The molecule has 0 spiro atoms. The van der Waals surface area contributed by atoms with E-state index in [-0.39, 0.29) is 0 Å². The van der Waals surface area contributed by atoms with Gasteiger partial charge in [-0.2, -0.15) is 0 Å². The molecule has 112 valence electrons. The van der Waals surface area contributed by atoms with E-state index in [4.69, 9.17) is 0 Å². The molecule has 0 aromatic carbocycles. The predicted molar refractivity (Wildman–Crippen MR) is 83.5 cm³/mol. The number of nitrogens with one attached hydrogen (secondary N) is 1. The zero-order valence-electron chi connectivity index (χ0n) is 13.4. The second-order valence-electron chi connectivity index (χ2n) is 6.92. The molecule has 1 N–H and O–H groups in total. The van der Waals surface area contributed by atoms with Crippen LogP contribution in [0.5, 0.6) is 0 Å². The van der Waals surface area contributed by atoms with Crippen LogP contribution in [0.4, 0.5) is 0 Å². The molecule has 2 rings (SSSR count). The van der Waals surface area contributed by atoms with Gasteiger partial charge in [-0.15, -0.1) is 0 Å². The second-order valence-corrected chi connectivity index (χ2v) is 6.92. The number of hydrogen-bond acceptors (Lipinski definition) is 2. The second kappa shape index (κ2) is 7.08. The minimum Gasteiger partial charge on any atom is -0.310 e. The summed E-state index contributed by atoms with van der Waals surface area (Å²) in [4.78, 5) is 2.85. The van der Waals surface area contributed by atoms with E-state index < -0.39 is 0 Å². The lowest BCUT2D eigenvalue weighted by atomic mass is 9.89. The van der Waals surface area contributed by atoms with Gasteiger partial charge in [0.15, 0.2) is 0 Å². The van der Waals surface area contributed by atoms with Crippen molar-refractivity contribution in [2.75, 3.05) is 19.6 Å². The van der Waals surface area contributed by atoms with Crippen LogP contribution in [0.3, 0.4) is 0 Å². The maximum absolute atomic E-state index is 3.85. The summed E-state index contributed by atoms with van der Waals surface area (Å²) in [5.41, 5.74) is 0.378. The topological polar surface area (TPSA) is 15.3 Å². The Bertz CT molecular complexity index is 260. The number of rotatable bonds is 3. The van der Waals surface area contributed by atoms with E-state index in [0.29, 0.717) is 5.54 Å². The molecule has 1 saturated carbocycles. The highest BCUT2D eigenvalue weighted by Crippen LogP contribution is 2.30. The molecule has 0 radical (unpaired) electrons. The van der Waals surface area contributed by atoms with Gasteiger partial charge in [-0.3, -0.25) is 4.90 Å². The van der Waals surface area contributed by atoms with Gasteiger partial charge in [0.1, 0.15) is 0 Å². The number of hydrogen-bond donors (Lipinski definition) is 1. The lowest BCUT2D eigenvalue weighted by Crippen LogP contribution is -2.53. The molecule has 2 fully saturated rings. The van der Waals surface area contributed by atoms with Crippen LogP contribution in [0.25, 0.3) is 0 Å². The maximum atomic E-state index is 3.85. The summed E-state index contributed by atoms with van der Waals surface area (Å²) in [5.74, 6) is 0.895. The fourth-order valence-corrected chi connectivity index (χ4v) is 4.18. The van der Waals surface area contributed by atoms with Crippen LogP contribution in [0.1, 0.15) is 72.1 Å². The van der Waals surface area contributed by atoms with Crippen LogP contribution < -0.4 is 5.32 Å². The van der Waals surface area contributed by atoms with Crippen molar-refractivity contribution >= 4 is 0 Å². The van der Waals surface area contributed by atoms with Gasteiger partial charge in [0.05, 0.1) is 0 Å². The molecule has 2 aliphatic rings. The zero-order chi connectivity index (χ0) is 13.7. The molecule has 0 aromatic heterocycles. The zero-order valence-corrected chi connectivity index (χ0v) is 13.4. The van der Waals surface area contributed by atoms with E-state index >= 15 is 0 Å². The summed E-state index contributed by atoms with van der Waals surface area (Å²) >= 11 is 0. The van der Waals surface area contributed by atoms with Crippen molar-refractivity contribution in [3.05, 3.63) is 0 Å². The maximum Gasteiger partial charge on any atom is 0.0303 e. The van der Waals surface area contributed by atoms with E-state index in [1.165, 1.54) is 71.0 Å². The fourth-order valence-electron chi connectivity index (χ4n) is 4.18. The largest absolute Gasteiger partial charge is 0.310 e. The Morgan fingerprint density at radius 3 is 2.53 bits per heavy atom. The normalized spacial score (nSPS) is 33.6. The Kier molecular flexibility index (Phi) is 5.70. The summed E-state index contributed by atoms with van der Waals surface area (Å²) in [6, 6.07) is 0.847. The highest BCUT2D eigenvalue weighted by molar-refractivity contribution is 4.94. The quantitative estimate of drug-likeness (QED) is 0.782. The van der Waals surface area contributed by atoms with Gasteiger partial charge in [-0.1, -0.05) is 40.0 Å². The molecule has 0 amide bonds. The Balaban J connectivity index is 2.08. The van der Waals surface area contributed by atoms with Gasteiger partial charge in [0.2, 0.25) is 0 Å². The van der Waals surface area contributed by atoms with Crippen LogP contribution in [0.15, 0.2) is 0 Å². The lowest BCUT2D eigenvalue weighted by Gasteiger charge is -2.40. The molecule has 1 heterocycles. The highest BCUT2D eigenvalue weighted by atomic mass is 15.2. The Morgan fingerprint density at radius 2 is 1.79 bits per heavy atom. The molecule has 0 bridgehead atoms. The van der Waals surface area contributed by atoms with E-state index in [1.54, 1.807) is 0 Å². The van der Waals surface area contributed by atoms with Crippen molar-refractivity contribution in [2.45, 2.75) is 83.7 Å². The fraction of sp³-hybridized carbons (Fsp3) is 1.00. The van der Waals surface area contributed by atoms with Gasteiger partial charge in [-0.05, 0) is 51.1 Å². The van der Waals surface area contributed by atoms with Crippen LogP contribution in [-0.4, -0.2) is 36.1 Å². The minimum atomic E-state index is 0.378. The summed E-state index contributed by atoms with van der Waals surface area (Å²) in [6.45, 7) is 11.0. The van der Waals surface area contributed by atoms with Crippen LogP contribution in [0, 0.1) is 5.92 Å². The number of nitrogens with zero attached hydrogens (tertiary/aromatic N) is 1. The third-order valence-corrected chi connectivity index (χ3v) is 5.77. The smallest absolute Gasteiger partial charge is 0.0303 e. The van der Waals surface area contributed by atoms with Gasteiger partial charge in [0, 0.05) is 18.1 Å². The standard InChI is InChI=1S/C17H34N2/c1-4-17(5-2)14-19(13-9-12-18-17)16-11-8-6-7-10-15(16)3/h15-16,18H,4-14H2,1-3H3. The van der Waals surface area contributed by atoms with Crippen LogP contribution >= 0.6 is 0 Å². The summed E-state index contributed by atoms with van der Waals surface area (Å²) in [6.07, 6.45) is 11.1. The monoisotopic (exact) mass is 266 g/mol. The molecule has 0 aromatic rings. The molecular weight excluding hydrogens is 232 g/mol. The van der Waals surface area contributed by atoms with Gasteiger partial charge >= 0.3 is 0 Å². The van der Waals surface area contributed by atoms with Gasteiger partial charge < -0.3 is 5.32 Å². The van der Waals surface area contributed by atoms with E-state index in [0.717, 1.165) is 12.0 Å². The van der Waals surface area contributed by atoms with Crippen molar-refractivity contribution in [1.29, 1.82) is 0 Å². The highest BCUT2D eigenvalue weighted by Gasteiger charge is 2.34. The molecule has 2 nitrogen and oxygen atoms in total. The Hall–Kier alpha value is -0.0800. The average Bonchev–Trinajstić information content (AvgIpc) is 2.77. The molecule has 1 aliphatic heterocycles.